The second-order valence-corrected chi connectivity index (χ2v) is 4.07. The topological polar surface area (TPSA) is 4.93 Å². The molecule has 0 radical (unpaired) electrons. The molecular formula is C11H15N. The van der Waals surface area contributed by atoms with Crippen LogP contribution in [0, 0.1) is 0 Å². The van der Waals surface area contributed by atoms with E-state index < -0.39 is 0 Å². The Kier molecular flexibility index (Phi) is 1.34. The molecule has 0 N–H and O–H groups in total. The molecule has 1 nitrogen and oxygen atoms in total. The lowest BCUT2D eigenvalue weighted by molar-refractivity contribution is 0.518. The molecule has 0 fully saturated rings. The molecular weight excluding hydrogens is 146 g/mol. The largest absolute Gasteiger partial charge is 0.348 e. The maximum absolute atomic E-state index is 2.59. The molecule has 1 aliphatic heterocycles. The van der Waals surface area contributed by atoms with Crippen molar-refractivity contribution in [3.8, 4) is 0 Å². The van der Waals surface area contributed by atoms with E-state index in [1.807, 2.05) is 0 Å². The molecule has 0 aromatic carbocycles. The minimum Gasteiger partial charge on any atom is -0.348 e. The van der Waals surface area contributed by atoms with E-state index >= 15 is 0 Å². The molecule has 0 saturated heterocycles. The van der Waals surface area contributed by atoms with Crippen molar-refractivity contribution in [3.05, 3.63) is 23.0 Å². The fourth-order valence-electron chi connectivity index (χ4n) is 2.73. The molecule has 0 unspecified atom stereocenters. The van der Waals surface area contributed by atoms with Gasteiger partial charge < -0.3 is 4.57 Å². The van der Waals surface area contributed by atoms with Crippen molar-refractivity contribution in [3.63, 3.8) is 0 Å². The van der Waals surface area contributed by atoms with E-state index in [0.29, 0.717) is 0 Å². The summed E-state index contributed by atoms with van der Waals surface area (Å²) < 4.78 is 2.59. The van der Waals surface area contributed by atoms with Gasteiger partial charge in [0, 0.05) is 17.9 Å². The van der Waals surface area contributed by atoms with Gasteiger partial charge in [-0.25, -0.2) is 0 Å². The highest BCUT2D eigenvalue weighted by atomic mass is 15.0. The summed E-state index contributed by atoms with van der Waals surface area (Å²) in [6, 6.07) is 2.46. The summed E-state index contributed by atoms with van der Waals surface area (Å²) in [6.07, 6.45) is 8.21. The number of hydrogen-bond donors (Lipinski definition) is 0. The Hall–Kier alpha value is -0.720. The molecule has 0 atom stereocenters. The molecule has 0 bridgehead atoms. The molecule has 1 aromatic rings. The van der Waals surface area contributed by atoms with Gasteiger partial charge in [-0.3, -0.25) is 0 Å². The normalized spacial score (nSPS) is 20.7. The van der Waals surface area contributed by atoms with E-state index in [0.717, 1.165) is 0 Å². The number of hydrogen-bond acceptors (Lipinski definition) is 0. The van der Waals surface area contributed by atoms with Crippen LogP contribution in [0.3, 0.4) is 0 Å². The molecule has 1 heteroatoms. The monoisotopic (exact) mass is 161 g/mol. The van der Waals surface area contributed by atoms with Gasteiger partial charge in [0.2, 0.25) is 0 Å². The van der Waals surface area contributed by atoms with E-state index in [1.165, 1.54) is 45.1 Å². The average Bonchev–Trinajstić information content (AvgIpc) is 2.62. The molecule has 64 valence electrons. The van der Waals surface area contributed by atoms with Crippen LogP contribution in [0.2, 0.25) is 0 Å². The van der Waals surface area contributed by atoms with E-state index in [1.54, 1.807) is 17.0 Å². The van der Waals surface area contributed by atoms with Crippen LogP contribution in [-0.4, -0.2) is 4.57 Å². The van der Waals surface area contributed by atoms with Gasteiger partial charge in [0.15, 0.2) is 0 Å². The predicted octanol–water partition coefficient (Wildman–Crippen LogP) is 2.31. The standard InChI is InChI=1S/C11H15N/c1-2-7-12-10(5-1)8-9-4-3-6-11(9)12/h8H,1-7H2. The van der Waals surface area contributed by atoms with Gasteiger partial charge in [0.1, 0.15) is 0 Å². The highest BCUT2D eigenvalue weighted by Crippen LogP contribution is 2.29. The molecule has 0 saturated carbocycles. The summed E-state index contributed by atoms with van der Waals surface area (Å²) in [5.41, 5.74) is 4.95. The summed E-state index contributed by atoms with van der Waals surface area (Å²) in [4.78, 5) is 0. The highest BCUT2D eigenvalue weighted by Gasteiger charge is 2.20. The summed E-state index contributed by atoms with van der Waals surface area (Å²) >= 11 is 0. The molecule has 1 aliphatic carbocycles. The van der Waals surface area contributed by atoms with Crippen molar-refractivity contribution < 1.29 is 0 Å². The van der Waals surface area contributed by atoms with Gasteiger partial charge in [-0.15, -0.1) is 0 Å². The SMILES string of the molecule is c1c2c(n3c1CCCC3)CCC2. The van der Waals surface area contributed by atoms with Crippen LogP contribution >= 0.6 is 0 Å². The Bertz CT molecular complexity index is 309. The lowest BCUT2D eigenvalue weighted by Gasteiger charge is -2.17. The van der Waals surface area contributed by atoms with Crippen molar-refractivity contribution in [1.82, 2.24) is 4.57 Å². The fraction of sp³-hybridized carbons (Fsp3) is 0.636. The maximum atomic E-state index is 2.59. The highest BCUT2D eigenvalue weighted by molar-refractivity contribution is 5.32. The third-order valence-corrected chi connectivity index (χ3v) is 3.31. The molecule has 12 heavy (non-hydrogen) atoms. The van der Waals surface area contributed by atoms with Crippen LogP contribution < -0.4 is 0 Å². The molecule has 3 rings (SSSR count). The van der Waals surface area contributed by atoms with Crippen LogP contribution in [0.25, 0.3) is 0 Å². The fourth-order valence-corrected chi connectivity index (χ4v) is 2.73. The third-order valence-electron chi connectivity index (χ3n) is 3.31. The summed E-state index contributed by atoms with van der Waals surface area (Å²) in [6.45, 7) is 1.30. The lowest BCUT2D eigenvalue weighted by atomic mass is 10.1. The Morgan fingerprint density at radius 3 is 3.00 bits per heavy atom. The molecule has 2 heterocycles. The molecule has 1 aromatic heterocycles. The number of aromatic nitrogens is 1. The van der Waals surface area contributed by atoms with Crippen LogP contribution in [-0.2, 0) is 25.8 Å². The number of fused-ring (bicyclic) bond motifs is 3. The number of nitrogens with zero attached hydrogens (tertiary/aromatic N) is 1. The molecule has 0 spiro atoms. The predicted molar refractivity (Wildman–Crippen MR) is 49.4 cm³/mol. The van der Waals surface area contributed by atoms with Crippen molar-refractivity contribution in [2.45, 2.75) is 45.1 Å². The first-order valence-electron chi connectivity index (χ1n) is 5.15. The Labute approximate surface area is 73.4 Å². The van der Waals surface area contributed by atoms with Crippen molar-refractivity contribution in [1.29, 1.82) is 0 Å². The summed E-state index contributed by atoms with van der Waals surface area (Å²) in [7, 11) is 0. The van der Waals surface area contributed by atoms with E-state index in [4.69, 9.17) is 0 Å². The maximum Gasteiger partial charge on any atom is 0.0225 e. The van der Waals surface area contributed by atoms with Gasteiger partial charge in [-0.1, -0.05) is 0 Å². The minimum atomic E-state index is 1.30. The Balaban J connectivity index is 2.14. The van der Waals surface area contributed by atoms with E-state index in [2.05, 4.69) is 10.6 Å². The Morgan fingerprint density at radius 1 is 1.00 bits per heavy atom. The second-order valence-electron chi connectivity index (χ2n) is 4.07. The van der Waals surface area contributed by atoms with Gasteiger partial charge in [-0.2, -0.15) is 0 Å². The third kappa shape index (κ3) is 0.796. The molecule has 0 amide bonds. The summed E-state index contributed by atoms with van der Waals surface area (Å²) in [5.74, 6) is 0. The number of aryl methyl sites for hydroxylation is 2. The number of rotatable bonds is 0. The first kappa shape index (κ1) is 6.76. The second kappa shape index (κ2) is 2.38. The quantitative estimate of drug-likeness (QED) is 0.550. The van der Waals surface area contributed by atoms with E-state index in [-0.39, 0.29) is 0 Å². The minimum absolute atomic E-state index is 1.30. The van der Waals surface area contributed by atoms with Crippen molar-refractivity contribution >= 4 is 0 Å². The smallest absolute Gasteiger partial charge is 0.0225 e. The summed E-state index contributed by atoms with van der Waals surface area (Å²) in [5, 5.41) is 0. The zero-order chi connectivity index (χ0) is 7.97. The lowest BCUT2D eigenvalue weighted by Crippen LogP contribution is -2.11. The first-order valence-corrected chi connectivity index (χ1v) is 5.15. The van der Waals surface area contributed by atoms with Gasteiger partial charge in [-0.05, 0) is 50.2 Å². The average molecular weight is 161 g/mol. The van der Waals surface area contributed by atoms with E-state index in [9.17, 15) is 0 Å². The zero-order valence-electron chi connectivity index (χ0n) is 7.47. The van der Waals surface area contributed by atoms with Crippen molar-refractivity contribution in [2.24, 2.45) is 0 Å². The van der Waals surface area contributed by atoms with Gasteiger partial charge in [0.05, 0.1) is 0 Å². The van der Waals surface area contributed by atoms with Crippen LogP contribution in [0.15, 0.2) is 6.07 Å². The van der Waals surface area contributed by atoms with Crippen LogP contribution in [0.5, 0.6) is 0 Å². The van der Waals surface area contributed by atoms with Crippen LogP contribution in [0.4, 0.5) is 0 Å². The van der Waals surface area contributed by atoms with Crippen molar-refractivity contribution in [2.75, 3.05) is 0 Å². The zero-order valence-corrected chi connectivity index (χ0v) is 7.47. The first-order chi connectivity index (χ1) is 5.95. The molecule has 2 aliphatic rings. The van der Waals surface area contributed by atoms with Crippen LogP contribution in [0.1, 0.15) is 36.2 Å². The Morgan fingerprint density at radius 2 is 2.00 bits per heavy atom. The van der Waals surface area contributed by atoms with Gasteiger partial charge in [0.25, 0.3) is 0 Å². The van der Waals surface area contributed by atoms with Gasteiger partial charge >= 0.3 is 0 Å².